The third kappa shape index (κ3) is 7.42. The first kappa shape index (κ1) is 21.0. The lowest BCUT2D eigenvalue weighted by Crippen LogP contribution is -2.44. The van der Waals surface area contributed by atoms with Crippen LogP contribution in [0.3, 0.4) is 0 Å². The largest absolute Gasteiger partial charge is 0.492 e. The molecule has 1 amide bonds. The molecule has 1 saturated heterocycles. The lowest BCUT2D eigenvalue weighted by molar-refractivity contribution is -0.127. The molecule has 1 N–H and O–H groups in total. The summed E-state index contributed by atoms with van der Waals surface area (Å²) in [4.78, 5) is 19.7. The van der Waals surface area contributed by atoms with E-state index in [9.17, 15) is 9.18 Å². The lowest BCUT2D eigenvalue weighted by atomic mass is 10.2. The number of benzene rings is 1. The number of rotatable bonds is 8. The molecule has 7 nitrogen and oxygen atoms in total. The highest BCUT2D eigenvalue weighted by Gasteiger charge is 2.17. The molecular formula is C19H29FN4O3. The van der Waals surface area contributed by atoms with Gasteiger partial charge in [0.1, 0.15) is 24.7 Å². The maximum atomic E-state index is 12.9. The summed E-state index contributed by atoms with van der Waals surface area (Å²) in [5.41, 5.74) is 0. The van der Waals surface area contributed by atoms with Crippen molar-refractivity contribution < 1.29 is 18.7 Å². The molecule has 1 aromatic carbocycles. The predicted octanol–water partition coefficient (Wildman–Crippen LogP) is 1.35. The van der Waals surface area contributed by atoms with Crippen LogP contribution in [-0.2, 0) is 9.53 Å². The zero-order chi connectivity index (χ0) is 19.6. The molecule has 0 spiro atoms. The molecule has 1 unspecified atom stereocenters. The quantitative estimate of drug-likeness (QED) is 0.545. The number of carbonyl (C=O) groups excluding carboxylic acids is 1. The number of amides is 1. The minimum Gasteiger partial charge on any atom is -0.492 e. The normalized spacial score (nSPS) is 16.9. The van der Waals surface area contributed by atoms with Crippen molar-refractivity contribution in [1.82, 2.24) is 15.1 Å². The van der Waals surface area contributed by atoms with E-state index in [-0.39, 0.29) is 24.4 Å². The lowest BCUT2D eigenvalue weighted by Gasteiger charge is -2.24. The molecule has 1 aliphatic rings. The molecule has 150 valence electrons. The second-order valence-corrected chi connectivity index (χ2v) is 6.67. The third-order valence-corrected chi connectivity index (χ3v) is 4.25. The number of nitrogens with one attached hydrogen (secondary N) is 1. The maximum Gasteiger partial charge on any atom is 0.243 e. The van der Waals surface area contributed by atoms with Crippen LogP contribution in [0.5, 0.6) is 5.75 Å². The van der Waals surface area contributed by atoms with Crippen molar-refractivity contribution in [2.45, 2.75) is 18.9 Å². The fraction of sp³-hybridized carbons (Fsp3) is 0.579. The van der Waals surface area contributed by atoms with Gasteiger partial charge in [-0.1, -0.05) is 0 Å². The van der Waals surface area contributed by atoms with Crippen LogP contribution in [0, 0.1) is 5.82 Å². The number of carbonyl (C=O) groups is 1. The van der Waals surface area contributed by atoms with Crippen LogP contribution in [0.4, 0.5) is 4.39 Å². The van der Waals surface area contributed by atoms with E-state index >= 15 is 0 Å². The van der Waals surface area contributed by atoms with Gasteiger partial charge < -0.3 is 24.6 Å². The van der Waals surface area contributed by atoms with Gasteiger partial charge in [0.05, 0.1) is 12.6 Å². The molecule has 1 aliphatic heterocycles. The van der Waals surface area contributed by atoms with Gasteiger partial charge in [-0.05, 0) is 37.1 Å². The van der Waals surface area contributed by atoms with E-state index in [0.29, 0.717) is 31.4 Å². The van der Waals surface area contributed by atoms with Gasteiger partial charge in [-0.25, -0.2) is 9.38 Å². The fourth-order valence-corrected chi connectivity index (χ4v) is 2.54. The fourth-order valence-electron chi connectivity index (χ4n) is 2.54. The van der Waals surface area contributed by atoms with Gasteiger partial charge in [0.25, 0.3) is 0 Å². The zero-order valence-corrected chi connectivity index (χ0v) is 16.3. The summed E-state index contributed by atoms with van der Waals surface area (Å²) in [5.74, 6) is 0.877. The van der Waals surface area contributed by atoms with Gasteiger partial charge in [-0.2, -0.15) is 0 Å². The molecule has 0 bridgehead atoms. The van der Waals surface area contributed by atoms with E-state index in [1.807, 2.05) is 11.9 Å². The zero-order valence-electron chi connectivity index (χ0n) is 16.3. The molecule has 0 aromatic heterocycles. The Labute approximate surface area is 160 Å². The number of likely N-dealkylation sites (N-methyl/N-ethyl adjacent to an activating group) is 2. The molecule has 0 saturated carbocycles. The molecule has 2 rings (SSSR count). The number of aliphatic imine (C=N–C) groups is 1. The van der Waals surface area contributed by atoms with Crippen LogP contribution < -0.4 is 10.1 Å². The Morgan fingerprint density at radius 2 is 2.07 bits per heavy atom. The van der Waals surface area contributed by atoms with Crippen molar-refractivity contribution >= 4 is 11.9 Å². The van der Waals surface area contributed by atoms with Gasteiger partial charge in [0.15, 0.2) is 5.96 Å². The predicted molar refractivity (Wildman–Crippen MR) is 102 cm³/mol. The summed E-state index contributed by atoms with van der Waals surface area (Å²) in [6.07, 6.45) is 2.26. The average Bonchev–Trinajstić information content (AvgIpc) is 3.16. The summed E-state index contributed by atoms with van der Waals surface area (Å²) in [7, 11) is 5.30. The Bertz CT molecular complexity index is 616. The summed E-state index contributed by atoms with van der Waals surface area (Å²) in [6.45, 7) is 2.48. The van der Waals surface area contributed by atoms with Crippen LogP contribution in [0.25, 0.3) is 0 Å². The Hall–Kier alpha value is -2.35. The van der Waals surface area contributed by atoms with E-state index in [1.165, 1.54) is 17.0 Å². The Morgan fingerprint density at radius 3 is 2.70 bits per heavy atom. The van der Waals surface area contributed by atoms with Gasteiger partial charge in [0.2, 0.25) is 5.91 Å². The van der Waals surface area contributed by atoms with Crippen molar-refractivity contribution in [3.05, 3.63) is 30.1 Å². The third-order valence-electron chi connectivity index (χ3n) is 4.25. The molecule has 1 aromatic rings. The van der Waals surface area contributed by atoms with Gasteiger partial charge >= 0.3 is 0 Å². The van der Waals surface area contributed by atoms with Crippen molar-refractivity contribution in [1.29, 1.82) is 0 Å². The highest BCUT2D eigenvalue weighted by Crippen LogP contribution is 2.11. The molecule has 1 fully saturated rings. The van der Waals surface area contributed by atoms with Gasteiger partial charge in [-0.3, -0.25) is 4.79 Å². The molecule has 0 aliphatic carbocycles. The van der Waals surface area contributed by atoms with Crippen molar-refractivity contribution in [3.63, 3.8) is 0 Å². The van der Waals surface area contributed by atoms with E-state index in [4.69, 9.17) is 9.47 Å². The minimum absolute atomic E-state index is 0.0672. The summed E-state index contributed by atoms with van der Waals surface area (Å²) >= 11 is 0. The molecule has 1 atom stereocenters. The molecular weight excluding hydrogens is 351 g/mol. The summed E-state index contributed by atoms with van der Waals surface area (Å²) in [5, 5.41) is 3.29. The Kier molecular flexibility index (Phi) is 8.32. The summed E-state index contributed by atoms with van der Waals surface area (Å²) in [6, 6.07) is 5.91. The second-order valence-electron chi connectivity index (χ2n) is 6.67. The minimum atomic E-state index is -0.294. The first-order chi connectivity index (χ1) is 13.0. The average molecular weight is 380 g/mol. The standard InChI is InChI=1S/C19H29FN4O3/c1-23(2)18(25)14-22-19(21-13-17-5-4-11-26-17)24(3)10-12-27-16-8-6-15(20)7-9-16/h6-9,17H,4-5,10-14H2,1-3H3,(H,21,22). The highest BCUT2D eigenvalue weighted by atomic mass is 19.1. The number of guanidine groups is 1. The Balaban J connectivity index is 1.87. The smallest absolute Gasteiger partial charge is 0.243 e. The van der Waals surface area contributed by atoms with Crippen molar-refractivity contribution in [3.8, 4) is 5.75 Å². The van der Waals surface area contributed by atoms with Crippen LogP contribution in [0.1, 0.15) is 12.8 Å². The van der Waals surface area contributed by atoms with E-state index in [2.05, 4.69) is 10.3 Å². The van der Waals surface area contributed by atoms with Crippen molar-refractivity contribution in [2.24, 2.45) is 4.99 Å². The van der Waals surface area contributed by atoms with E-state index in [1.54, 1.807) is 26.2 Å². The Morgan fingerprint density at radius 1 is 1.33 bits per heavy atom. The number of ether oxygens (including phenoxy) is 2. The van der Waals surface area contributed by atoms with Crippen LogP contribution in [-0.4, -0.2) is 81.8 Å². The van der Waals surface area contributed by atoms with Crippen LogP contribution in [0.15, 0.2) is 29.3 Å². The van der Waals surface area contributed by atoms with Gasteiger partial charge in [-0.15, -0.1) is 0 Å². The summed E-state index contributed by atoms with van der Waals surface area (Å²) < 4.78 is 24.2. The number of halogens is 1. The van der Waals surface area contributed by atoms with Gasteiger partial charge in [0, 0.05) is 34.3 Å². The van der Waals surface area contributed by atoms with Crippen molar-refractivity contribution in [2.75, 3.05) is 54.0 Å². The first-order valence-electron chi connectivity index (χ1n) is 9.15. The second kappa shape index (κ2) is 10.7. The van der Waals surface area contributed by atoms with E-state index in [0.717, 1.165) is 19.4 Å². The topological polar surface area (TPSA) is 66.4 Å². The maximum absolute atomic E-state index is 12.9. The molecule has 0 radical (unpaired) electrons. The molecule has 27 heavy (non-hydrogen) atoms. The monoisotopic (exact) mass is 380 g/mol. The highest BCUT2D eigenvalue weighted by molar-refractivity contribution is 5.84. The number of nitrogens with zero attached hydrogens (tertiary/aromatic N) is 3. The van der Waals surface area contributed by atoms with Crippen LogP contribution in [0.2, 0.25) is 0 Å². The molecule has 1 heterocycles. The van der Waals surface area contributed by atoms with Crippen LogP contribution >= 0.6 is 0 Å². The van der Waals surface area contributed by atoms with E-state index < -0.39 is 0 Å². The number of hydrogen-bond acceptors (Lipinski definition) is 4. The SMILES string of the molecule is CN(C)C(=O)CN=C(NCC1CCCO1)N(C)CCOc1ccc(F)cc1. The first-order valence-corrected chi connectivity index (χ1v) is 9.15. The number of hydrogen-bond donors (Lipinski definition) is 1. The molecule has 8 heteroatoms.